The van der Waals surface area contributed by atoms with Crippen molar-refractivity contribution >= 4 is 46.0 Å². The van der Waals surface area contributed by atoms with Gasteiger partial charge in [0, 0.05) is 24.3 Å². The second kappa shape index (κ2) is 8.34. The molecule has 0 bridgehead atoms. The second-order valence-electron chi connectivity index (χ2n) is 6.96. The van der Waals surface area contributed by atoms with E-state index >= 15 is 0 Å². The lowest BCUT2D eigenvalue weighted by molar-refractivity contribution is -0.181. The topological polar surface area (TPSA) is 138 Å². The van der Waals surface area contributed by atoms with Crippen LogP contribution in [0.3, 0.4) is 0 Å². The van der Waals surface area contributed by atoms with Crippen molar-refractivity contribution in [1.29, 1.82) is 0 Å². The van der Waals surface area contributed by atoms with E-state index in [-0.39, 0.29) is 17.7 Å². The van der Waals surface area contributed by atoms with Gasteiger partial charge in [-0.15, -0.1) is 0 Å². The zero-order valence-electron chi connectivity index (χ0n) is 16.6. The van der Waals surface area contributed by atoms with Crippen LogP contribution in [-0.4, -0.2) is 56.9 Å². The molecule has 3 rings (SSSR count). The summed E-state index contributed by atoms with van der Waals surface area (Å²) in [6, 6.07) is 1.67. The summed E-state index contributed by atoms with van der Waals surface area (Å²) >= 11 is 1.99. The van der Waals surface area contributed by atoms with Crippen molar-refractivity contribution in [3.8, 4) is 0 Å². The molecule has 3 heterocycles. The van der Waals surface area contributed by atoms with Crippen molar-refractivity contribution in [2.75, 3.05) is 6.61 Å². The Labute approximate surface area is 184 Å². The molecular weight excluding hydrogens is 513 g/mol. The number of hydrogen-bond donors (Lipinski definition) is 1. The predicted molar refractivity (Wildman–Crippen MR) is 109 cm³/mol. The number of nitrogens with one attached hydrogen (secondary N) is 1. The van der Waals surface area contributed by atoms with Crippen LogP contribution in [0.4, 0.5) is 0 Å². The fourth-order valence-corrected chi connectivity index (χ4v) is 4.39. The van der Waals surface area contributed by atoms with E-state index in [2.05, 4.69) is 10.1 Å². The van der Waals surface area contributed by atoms with Gasteiger partial charge in [0.1, 0.15) is 30.7 Å². The fourth-order valence-electron chi connectivity index (χ4n) is 3.60. The smallest absolute Gasteiger partial charge is 0.303 e. The van der Waals surface area contributed by atoms with Crippen LogP contribution in [-0.2, 0) is 33.3 Å². The fraction of sp³-hybridized carbons (Fsp3) is 0.500. The number of H-pyrrole nitrogens is 1. The number of nitrogens with zero attached hydrogens (tertiary/aromatic N) is 2. The van der Waals surface area contributed by atoms with E-state index in [9.17, 15) is 19.2 Å². The number of ether oxygens (including phenoxy) is 4. The van der Waals surface area contributed by atoms with E-state index < -0.39 is 41.8 Å². The molecule has 0 amide bonds. The third kappa shape index (κ3) is 4.05. The van der Waals surface area contributed by atoms with Crippen LogP contribution >= 0.6 is 22.6 Å². The molecule has 0 spiro atoms. The molecule has 1 fully saturated rings. The van der Waals surface area contributed by atoms with E-state index in [0.29, 0.717) is 9.26 Å². The van der Waals surface area contributed by atoms with E-state index in [1.54, 1.807) is 13.0 Å². The highest BCUT2D eigenvalue weighted by Gasteiger charge is 2.60. The predicted octanol–water partition coefficient (Wildman–Crippen LogP) is 0.884. The van der Waals surface area contributed by atoms with Gasteiger partial charge in [0.25, 0.3) is 5.56 Å². The van der Waals surface area contributed by atoms with Crippen molar-refractivity contribution in [3.05, 3.63) is 32.0 Å². The summed E-state index contributed by atoms with van der Waals surface area (Å²) < 4.78 is 24.1. The highest BCUT2D eigenvalue weighted by atomic mass is 127. The maximum atomic E-state index is 12.2. The summed E-state index contributed by atoms with van der Waals surface area (Å²) in [5.74, 6) is -1.80. The number of esters is 3. The largest absolute Gasteiger partial charge is 0.463 e. The Balaban J connectivity index is 2.15. The SMILES string of the molecule is CC(=O)OC[C@H]1O[C@@H](c2cc(I)c3c(=O)[nH]cnn23)[C@](C)(OC(C)=O)[C@@H]1OC(C)=O. The average molecular weight is 533 g/mol. The first-order chi connectivity index (χ1) is 14.0. The van der Waals surface area contributed by atoms with Crippen LogP contribution in [0.5, 0.6) is 0 Å². The van der Waals surface area contributed by atoms with Crippen LogP contribution in [0.1, 0.15) is 39.5 Å². The van der Waals surface area contributed by atoms with Crippen LogP contribution in [0.2, 0.25) is 0 Å². The van der Waals surface area contributed by atoms with Gasteiger partial charge in [-0.1, -0.05) is 0 Å². The maximum Gasteiger partial charge on any atom is 0.303 e. The third-order valence-electron chi connectivity index (χ3n) is 4.65. The van der Waals surface area contributed by atoms with Crippen molar-refractivity contribution in [2.45, 2.75) is 51.6 Å². The number of aromatic nitrogens is 3. The second-order valence-corrected chi connectivity index (χ2v) is 8.12. The number of rotatable bonds is 5. The molecule has 30 heavy (non-hydrogen) atoms. The number of aromatic amines is 1. The minimum atomic E-state index is -1.48. The van der Waals surface area contributed by atoms with Crippen molar-refractivity contribution < 1.29 is 33.3 Å². The molecule has 1 saturated heterocycles. The van der Waals surface area contributed by atoms with Gasteiger partial charge in [-0.2, -0.15) is 5.10 Å². The third-order valence-corrected chi connectivity index (χ3v) is 5.47. The first kappa shape index (κ1) is 22.2. The molecule has 162 valence electrons. The van der Waals surface area contributed by atoms with Crippen LogP contribution in [0.25, 0.3) is 5.52 Å². The molecule has 4 atom stereocenters. The maximum absolute atomic E-state index is 12.2. The van der Waals surface area contributed by atoms with Gasteiger partial charge in [0.05, 0.1) is 5.69 Å². The minimum Gasteiger partial charge on any atom is -0.463 e. The van der Waals surface area contributed by atoms with Gasteiger partial charge in [-0.25, -0.2) is 4.52 Å². The quantitative estimate of drug-likeness (QED) is 0.337. The molecule has 1 aliphatic heterocycles. The lowest BCUT2D eigenvalue weighted by Gasteiger charge is -2.33. The Morgan fingerprint density at radius 2 is 1.97 bits per heavy atom. The van der Waals surface area contributed by atoms with E-state index in [0.717, 1.165) is 0 Å². The number of hydrogen-bond acceptors (Lipinski definition) is 9. The molecule has 0 saturated carbocycles. The molecule has 0 aromatic carbocycles. The first-order valence-electron chi connectivity index (χ1n) is 8.95. The Morgan fingerprint density at radius 1 is 1.27 bits per heavy atom. The molecule has 2 aromatic rings. The molecule has 2 aromatic heterocycles. The van der Waals surface area contributed by atoms with Gasteiger partial charge in [0.2, 0.25) is 0 Å². The molecule has 1 N–H and O–H groups in total. The summed E-state index contributed by atoms with van der Waals surface area (Å²) in [5, 5.41) is 4.18. The monoisotopic (exact) mass is 533 g/mol. The van der Waals surface area contributed by atoms with E-state index in [1.807, 2.05) is 22.6 Å². The number of fused-ring (bicyclic) bond motifs is 1. The molecular formula is C18H20IN3O8. The zero-order valence-corrected chi connectivity index (χ0v) is 18.8. The minimum absolute atomic E-state index is 0.227. The van der Waals surface area contributed by atoms with Crippen LogP contribution in [0, 0.1) is 3.57 Å². The van der Waals surface area contributed by atoms with E-state index in [1.165, 1.54) is 31.6 Å². The number of halogens is 1. The normalized spacial score (nSPS) is 25.8. The Bertz CT molecular complexity index is 1060. The molecule has 0 aliphatic carbocycles. The number of carbonyl (C=O) groups is 3. The van der Waals surface area contributed by atoms with Gasteiger partial charge in [-0.05, 0) is 35.6 Å². The van der Waals surface area contributed by atoms with Crippen LogP contribution < -0.4 is 5.56 Å². The van der Waals surface area contributed by atoms with E-state index in [4.69, 9.17) is 18.9 Å². The zero-order chi connectivity index (χ0) is 22.2. The van der Waals surface area contributed by atoms with Gasteiger partial charge in [-0.3, -0.25) is 19.2 Å². The number of carbonyl (C=O) groups excluding carboxylic acids is 3. The average Bonchev–Trinajstić information content (AvgIpc) is 3.08. The summed E-state index contributed by atoms with van der Waals surface area (Å²) in [6.07, 6.45) is -1.74. The standard InChI is InChI=1S/C18H20IN3O8/c1-8(23)27-6-13-16(28-9(2)24)18(4,30-10(3)25)15(29-13)12-5-11(19)14-17(26)20-7-21-22(12)14/h5,7,13,15-16H,6H2,1-4H3,(H,20,21,26)/t13-,15+,16-,18+/m1/s1. The molecule has 12 heteroatoms. The summed E-state index contributed by atoms with van der Waals surface area (Å²) in [7, 11) is 0. The van der Waals surface area contributed by atoms with Gasteiger partial charge < -0.3 is 23.9 Å². The summed E-state index contributed by atoms with van der Waals surface area (Å²) in [6.45, 7) is 4.99. The lowest BCUT2D eigenvalue weighted by atomic mass is 9.90. The van der Waals surface area contributed by atoms with Crippen molar-refractivity contribution in [2.24, 2.45) is 0 Å². The Kier molecular flexibility index (Phi) is 6.17. The van der Waals surface area contributed by atoms with Gasteiger partial charge in [0.15, 0.2) is 11.7 Å². The molecule has 11 nitrogen and oxygen atoms in total. The van der Waals surface area contributed by atoms with Gasteiger partial charge >= 0.3 is 17.9 Å². The van der Waals surface area contributed by atoms with Crippen molar-refractivity contribution in [1.82, 2.24) is 14.6 Å². The Morgan fingerprint density at radius 3 is 2.57 bits per heavy atom. The van der Waals surface area contributed by atoms with Crippen LogP contribution in [0.15, 0.2) is 17.2 Å². The lowest BCUT2D eigenvalue weighted by Crippen LogP contribution is -2.49. The van der Waals surface area contributed by atoms with Crippen molar-refractivity contribution in [3.63, 3.8) is 0 Å². The highest BCUT2D eigenvalue weighted by Crippen LogP contribution is 2.46. The molecule has 0 radical (unpaired) electrons. The Hall–Kier alpha value is -2.48. The summed E-state index contributed by atoms with van der Waals surface area (Å²) in [5.41, 5.74) is -1.15. The first-order valence-corrected chi connectivity index (χ1v) is 10.0. The highest BCUT2D eigenvalue weighted by molar-refractivity contribution is 14.1. The molecule has 0 unspecified atom stereocenters. The molecule has 1 aliphatic rings. The summed E-state index contributed by atoms with van der Waals surface area (Å²) in [4.78, 5) is 49.8.